The molecule has 2 aliphatic rings. The van der Waals surface area contributed by atoms with Gasteiger partial charge in [0, 0.05) is 12.6 Å². The molecule has 1 fully saturated rings. The SMILES string of the molecule is C1=CCC2N[N]CC2C1. The van der Waals surface area contributed by atoms with Crippen LogP contribution in [0.25, 0.3) is 0 Å². The van der Waals surface area contributed by atoms with Gasteiger partial charge < -0.3 is 0 Å². The van der Waals surface area contributed by atoms with E-state index in [2.05, 4.69) is 23.0 Å². The molecule has 49 valence electrons. The Morgan fingerprint density at radius 3 is 3.11 bits per heavy atom. The number of hydrogen-bond donors (Lipinski definition) is 1. The number of fused-ring (bicyclic) bond motifs is 1. The fourth-order valence-electron chi connectivity index (χ4n) is 1.52. The number of nitrogens with one attached hydrogen (secondary N) is 1. The first-order valence-corrected chi connectivity index (χ1v) is 3.54. The van der Waals surface area contributed by atoms with Crippen LogP contribution in [0.5, 0.6) is 0 Å². The van der Waals surface area contributed by atoms with Gasteiger partial charge >= 0.3 is 0 Å². The molecule has 0 aromatic rings. The Labute approximate surface area is 55.3 Å². The normalized spacial score (nSPS) is 40.9. The van der Waals surface area contributed by atoms with Crippen LogP contribution in [-0.4, -0.2) is 12.6 Å². The van der Waals surface area contributed by atoms with Gasteiger partial charge in [-0.2, -0.15) is 5.43 Å². The molecule has 2 heteroatoms. The standard InChI is InChI=1S/C7H11N2/c1-2-4-7-6(3-1)5-8-9-7/h1-2,6-7,9H,3-5H2. The van der Waals surface area contributed by atoms with Crippen molar-refractivity contribution in [1.82, 2.24) is 10.9 Å². The summed E-state index contributed by atoms with van der Waals surface area (Å²) in [6.45, 7) is 1.02. The topological polar surface area (TPSA) is 26.1 Å². The number of allylic oxidation sites excluding steroid dienone is 1. The van der Waals surface area contributed by atoms with Crippen LogP contribution in [0.3, 0.4) is 0 Å². The number of hydrogen-bond acceptors (Lipinski definition) is 1. The molecule has 1 aliphatic heterocycles. The van der Waals surface area contributed by atoms with E-state index in [1.54, 1.807) is 0 Å². The van der Waals surface area contributed by atoms with Crippen LogP contribution in [0.1, 0.15) is 12.8 Å². The predicted octanol–water partition coefficient (Wildman–Crippen LogP) is 0.444. The molecule has 1 heterocycles. The van der Waals surface area contributed by atoms with Crippen LogP contribution in [0.4, 0.5) is 0 Å². The van der Waals surface area contributed by atoms with Gasteiger partial charge in [0.25, 0.3) is 0 Å². The molecule has 0 aromatic carbocycles. The molecular formula is C7H11N2. The van der Waals surface area contributed by atoms with Crippen molar-refractivity contribution in [2.45, 2.75) is 18.9 Å². The molecule has 0 amide bonds. The van der Waals surface area contributed by atoms with Gasteiger partial charge in [0.1, 0.15) is 0 Å². The van der Waals surface area contributed by atoms with Gasteiger partial charge in [0.05, 0.1) is 0 Å². The van der Waals surface area contributed by atoms with Crippen molar-refractivity contribution in [2.75, 3.05) is 6.54 Å². The molecule has 2 atom stereocenters. The fraction of sp³-hybridized carbons (Fsp3) is 0.714. The average molecular weight is 123 g/mol. The second-order valence-corrected chi connectivity index (χ2v) is 2.78. The van der Waals surface area contributed by atoms with E-state index in [4.69, 9.17) is 0 Å². The molecule has 2 unspecified atom stereocenters. The van der Waals surface area contributed by atoms with Crippen LogP contribution < -0.4 is 10.9 Å². The van der Waals surface area contributed by atoms with Crippen LogP contribution >= 0.6 is 0 Å². The van der Waals surface area contributed by atoms with E-state index in [0.29, 0.717) is 6.04 Å². The molecule has 0 saturated carbocycles. The summed E-state index contributed by atoms with van der Waals surface area (Å²) >= 11 is 0. The zero-order valence-electron chi connectivity index (χ0n) is 5.38. The smallest absolute Gasteiger partial charge is 0.0351 e. The van der Waals surface area contributed by atoms with Crippen LogP contribution in [0, 0.1) is 5.92 Å². The third-order valence-electron chi connectivity index (χ3n) is 2.15. The summed E-state index contributed by atoms with van der Waals surface area (Å²) in [6.07, 6.45) is 6.91. The Kier molecular flexibility index (Phi) is 1.28. The van der Waals surface area contributed by atoms with Crippen LogP contribution in [-0.2, 0) is 0 Å². The largest absolute Gasteiger partial charge is 0.236 e. The maximum absolute atomic E-state index is 4.14. The van der Waals surface area contributed by atoms with E-state index >= 15 is 0 Å². The molecule has 2 nitrogen and oxygen atoms in total. The minimum Gasteiger partial charge on any atom is -0.236 e. The second-order valence-electron chi connectivity index (χ2n) is 2.78. The summed E-state index contributed by atoms with van der Waals surface area (Å²) in [7, 11) is 0. The highest BCUT2D eigenvalue weighted by Crippen LogP contribution is 2.21. The van der Waals surface area contributed by atoms with Gasteiger partial charge in [-0.25, -0.2) is 5.43 Å². The maximum Gasteiger partial charge on any atom is 0.0351 e. The molecule has 0 aromatic heterocycles. The number of nitrogens with zero attached hydrogens (tertiary/aromatic N) is 1. The summed E-state index contributed by atoms with van der Waals surface area (Å²) in [4.78, 5) is 0. The van der Waals surface area contributed by atoms with Crippen LogP contribution in [0.2, 0.25) is 0 Å². The van der Waals surface area contributed by atoms with Gasteiger partial charge in [-0.05, 0) is 18.8 Å². The van der Waals surface area contributed by atoms with Crippen molar-refractivity contribution in [3.63, 3.8) is 0 Å². The molecule has 9 heavy (non-hydrogen) atoms. The Balaban J connectivity index is 2.07. The third kappa shape index (κ3) is 0.884. The fourth-order valence-corrected chi connectivity index (χ4v) is 1.52. The highest BCUT2D eigenvalue weighted by Gasteiger charge is 2.27. The summed E-state index contributed by atoms with van der Waals surface area (Å²) in [6, 6.07) is 0.662. The maximum atomic E-state index is 4.14. The Morgan fingerprint density at radius 2 is 2.22 bits per heavy atom. The number of rotatable bonds is 0. The predicted molar refractivity (Wildman–Crippen MR) is 35.8 cm³/mol. The summed E-state index contributed by atoms with van der Waals surface area (Å²) in [5.41, 5.74) is 7.27. The van der Waals surface area contributed by atoms with Gasteiger partial charge in [0.15, 0.2) is 0 Å². The van der Waals surface area contributed by atoms with Crippen molar-refractivity contribution in [3.8, 4) is 0 Å². The summed E-state index contributed by atoms with van der Waals surface area (Å²) in [5.74, 6) is 0.801. The van der Waals surface area contributed by atoms with E-state index in [-0.39, 0.29) is 0 Å². The lowest BCUT2D eigenvalue weighted by Crippen LogP contribution is -2.29. The molecule has 2 rings (SSSR count). The first-order valence-electron chi connectivity index (χ1n) is 3.54. The lowest BCUT2D eigenvalue weighted by Gasteiger charge is -2.17. The van der Waals surface area contributed by atoms with Crippen molar-refractivity contribution < 1.29 is 0 Å². The van der Waals surface area contributed by atoms with E-state index < -0.39 is 0 Å². The van der Waals surface area contributed by atoms with Crippen LogP contribution in [0.15, 0.2) is 12.2 Å². The Morgan fingerprint density at radius 1 is 1.33 bits per heavy atom. The summed E-state index contributed by atoms with van der Waals surface area (Å²) < 4.78 is 0. The summed E-state index contributed by atoms with van der Waals surface area (Å²) in [5, 5.41) is 0. The van der Waals surface area contributed by atoms with Crippen molar-refractivity contribution >= 4 is 0 Å². The Bertz CT molecular complexity index is 117. The quantitative estimate of drug-likeness (QED) is 0.465. The van der Waals surface area contributed by atoms with Gasteiger partial charge in [-0.15, -0.1) is 0 Å². The molecule has 1 radical (unpaired) electrons. The highest BCUT2D eigenvalue weighted by atomic mass is 15.4. The highest BCUT2D eigenvalue weighted by molar-refractivity contribution is 4.99. The molecule has 0 bridgehead atoms. The van der Waals surface area contributed by atoms with Gasteiger partial charge in [-0.3, -0.25) is 0 Å². The molecule has 0 spiro atoms. The lowest BCUT2D eigenvalue weighted by molar-refractivity contribution is 0.448. The lowest BCUT2D eigenvalue weighted by atomic mass is 9.91. The minimum absolute atomic E-state index is 0.662. The Hall–Kier alpha value is -0.340. The zero-order valence-corrected chi connectivity index (χ0v) is 5.38. The molecular weight excluding hydrogens is 112 g/mol. The monoisotopic (exact) mass is 123 g/mol. The first kappa shape index (κ1) is 5.45. The van der Waals surface area contributed by atoms with Crippen molar-refractivity contribution in [2.24, 2.45) is 5.92 Å². The van der Waals surface area contributed by atoms with Crippen molar-refractivity contribution in [1.29, 1.82) is 0 Å². The first-order chi connectivity index (χ1) is 4.47. The van der Waals surface area contributed by atoms with Crippen molar-refractivity contribution in [3.05, 3.63) is 12.2 Å². The van der Waals surface area contributed by atoms with Gasteiger partial charge in [0.2, 0.25) is 0 Å². The van der Waals surface area contributed by atoms with E-state index in [9.17, 15) is 0 Å². The van der Waals surface area contributed by atoms with Gasteiger partial charge in [-0.1, -0.05) is 12.2 Å². The van der Waals surface area contributed by atoms with E-state index in [1.807, 2.05) is 0 Å². The molecule has 1 N–H and O–H groups in total. The average Bonchev–Trinajstić information content (AvgIpc) is 2.33. The zero-order chi connectivity index (χ0) is 6.10. The molecule has 1 aliphatic carbocycles. The molecule has 1 saturated heterocycles. The van der Waals surface area contributed by atoms with E-state index in [1.165, 1.54) is 12.8 Å². The second kappa shape index (κ2) is 2.12. The van der Waals surface area contributed by atoms with E-state index in [0.717, 1.165) is 12.5 Å². The minimum atomic E-state index is 0.662. The third-order valence-corrected chi connectivity index (χ3v) is 2.15.